The first kappa shape index (κ1) is 14.8. The Bertz CT molecular complexity index is 280. The van der Waals surface area contributed by atoms with Crippen LogP contribution in [-0.2, 0) is 9.59 Å². The van der Waals surface area contributed by atoms with Crippen molar-refractivity contribution in [3.05, 3.63) is 0 Å². The van der Waals surface area contributed by atoms with E-state index in [1.165, 1.54) is 0 Å². The maximum Gasteiger partial charge on any atom is 0.341 e. The number of aliphatic carboxylic acids is 2. The molecule has 0 aliphatic carbocycles. The predicted molar refractivity (Wildman–Crippen MR) is 52.5 cm³/mol. The van der Waals surface area contributed by atoms with Crippen LogP contribution in [-0.4, -0.2) is 56.3 Å². The van der Waals surface area contributed by atoms with E-state index in [1.807, 2.05) is 5.32 Å². The Labute approximate surface area is 91.7 Å². The standard InChI is InChI=1S/C8H16N2O6/c1-3(11)5(6(13)14)10-8(9,4(2)12)7(15)16/h3-5,10-12H,9H2,1-2H3,(H,13,14)(H,15,16)/t3?,4-,5?,8+/m1/s1. The molecule has 8 nitrogen and oxygen atoms in total. The average molecular weight is 236 g/mol. The number of nitrogens with two attached hydrogens (primary N) is 1. The summed E-state index contributed by atoms with van der Waals surface area (Å²) < 4.78 is 0. The Morgan fingerprint density at radius 1 is 1.25 bits per heavy atom. The zero-order valence-corrected chi connectivity index (χ0v) is 8.91. The summed E-state index contributed by atoms with van der Waals surface area (Å²) in [6, 6.07) is -1.59. The van der Waals surface area contributed by atoms with E-state index >= 15 is 0 Å². The molecule has 0 radical (unpaired) electrons. The van der Waals surface area contributed by atoms with Crippen LogP contribution in [0.5, 0.6) is 0 Å². The first-order valence-electron chi connectivity index (χ1n) is 4.51. The number of carboxylic acids is 2. The number of hydrogen-bond donors (Lipinski definition) is 6. The third-order valence-corrected chi connectivity index (χ3v) is 2.16. The van der Waals surface area contributed by atoms with Crippen LogP contribution in [0.4, 0.5) is 0 Å². The lowest BCUT2D eigenvalue weighted by Gasteiger charge is -2.32. The van der Waals surface area contributed by atoms with Gasteiger partial charge in [0.15, 0.2) is 5.66 Å². The predicted octanol–water partition coefficient (Wildman–Crippen LogP) is -2.47. The summed E-state index contributed by atoms with van der Waals surface area (Å²) in [4.78, 5) is 21.5. The molecule has 0 spiro atoms. The van der Waals surface area contributed by atoms with Crippen LogP contribution in [0.3, 0.4) is 0 Å². The second kappa shape index (κ2) is 5.21. The first-order chi connectivity index (χ1) is 7.12. The van der Waals surface area contributed by atoms with E-state index in [0.29, 0.717) is 0 Å². The Hall–Kier alpha value is -1.22. The van der Waals surface area contributed by atoms with Crippen LogP contribution in [0, 0.1) is 0 Å². The number of carbonyl (C=O) groups is 2. The molecule has 16 heavy (non-hydrogen) atoms. The Morgan fingerprint density at radius 3 is 1.88 bits per heavy atom. The van der Waals surface area contributed by atoms with Crippen molar-refractivity contribution in [1.29, 1.82) is 0 Å². The maximum atomic E-state index is 10.8. The zero-order valence-electron chi connectivity index (χ0n) is 8.91. The molecule has 2 unspecified atom stereocenters. The lowest BCUT2D eigenvalue weighted by atomic mass is 10.0. The molecular formula is C8H16N2O6. The zero-order chi connectivity index (χ0) is 13.1. The number of aliphatic hydroxyl groups excluding tert-OH is 2. The molecule has 8 heteroatoms. The van der Waals surface area contributed by atoms with Crippen molar-refractivity contribution >= 4 is 11.9 Å². The second-order valence-electron chi connectivity index (χ2n) is 3.55. The fraction of sp³-hybridized carbons (Fsp3) is 0.750. The highest BCUT2D eigenvalue weighted by Crippen LogP contribution is 2.07. The molecule has 7 N–H and O–H groups in total. The summed E-state index contributed by atoms with van der Waals surface area (Å²) in [5.74, 6) is -3.08. The third-order valence-electron chi connectivity index (χ3n) is 2.16. The van der Waals surface area contributed by atoms with Crippen LogP contribution in [0.2, 0.25) is 0 Å². The maximum absolute atomic E-state index is 10.8. The van der Waals surface area contributed by atoms with Crippen LogP contribution >= 0.6 is 0 Å². The molecule has 94 valence electrons. The van der Waals surface area contributed by atoms with Crippen molar-refractivity contribution in [2.45, 2.75) is 37.8 Å². The normalized spacial score (nSPS) is 20.6. The molecule has 0 rings (SSSR count). The number of hydrogen-bond acceptors (Lipinski definition) is 6. The summed E-state index contributed by atoms with van der Waals surface area (Å²) in [5.41, 5.74) is 2.99. The molecule has 0 aromatic rings. The van der Waals surface area contributed by atoms with E-state index in [2.05, 4.69) is 0 Å². The fourth-order valence-corrected chi connectivity index (χ4v) is 1.01. The van der Waals surface area contributed by atoms with Gasteiger partial charge in [-0.05, 0) is 13.8 Å². The topological polar surface area (TPSA) is 153 Å². The molecule has 0 saturated heterocycles. The van der Waals surface area contributed by atoms with Crippen LogP contribution in [0.25, 0.3) is 0 Å². The van der Waals surface area contributed by atoms with E-state index in [9.17, 15) is 14.7 Å². The van der Waals surface area contributed by atoms with Crippen molar-refractivity contribution in [2.24, 2.45) is 5.73 Å². The van der Waals surface area contributed by atoms with Gasteiger partial charge in [-0.1, -0.05) is 0 Å². The number of rotatable bonds is 6. The van der Waals surface area contributed by atoms with Gasteiger partial charge in [0.1, 0.15) is 6.04 Å². The van der Waals surface area contributed by atoms with Crippen molar-refractivity contribution in [1.82, 2.24) is 5.32 Å². The van der Waals surface area contributed by atoms with Gasteiger partial charge in [0, 0.05) is 0 Å². The van der Waals surface area contributed by atoms with Crippen LogP contribution in [0.15, 0.2) is 0 Å². The first-order valence-corrected chi connectivity index (χ1v) is 4.51. The smallest absolute Gasteiger partial charge is 0.341 e. The molecule has 0 amide bonds. The van der Waals surface area contributed by atoms with Gasteiger partial charge in [-0.2, -0.15) is 0 Å². The fourth-order valence-electron chi connectivity index (χ4n) is 1.01. The molecule has 0 aromatic heterocycles. The Kier molecular flexibility index (Phi) is 4.81. The summed E-state index contributed by atoms with van der Waals surface area (Å²) in [6.07, 6.45) is -2.90. The molecule has 4 atom stereocenters. The minimum atomic E-state index is -2.33. The highest BCUT2D eigenvalue weighted by molar-refractivity contribution is 5.81. The van der Waals surface area contributed by atoms with Gasteiger partial charge in [0.2, 0.25) is 0 Å². The lowest BCUT2D eigenvalue weighted by Crippen LogP contribution is -2.71. The molecule has 0 heterocycles. The molecule has 0 saturated carbocycles. The molecule has 0 aromatic carbocycles. The van der Waals surface area contributed by atoms with Gasteiger partial charge in [0.05, 0.1) is 12.2 Å². The molecule has 0 bridgehead atoms. The quantitative estimate of drug-likeness (QED) is 0.277. The minimum Gasteiger partial charge on any atom is -0.480 e. The summed E-state index contributed by atoms with van der Waals surface area (Å²) in [6.45, 7) is 2.26. The minimum absolute atomic E-state index is 1.10. The van der Waals surface area contributed by atoms with Crippen molar-refractivity contribution in [3.8, 4) is 0 Å². The molecular weight excluding hydrogens is 220 g/mol. The third kappa shape index (κ3) is 3.14. The average Bonchev–Trinajstić information content (AvgIpc) is 2.11. The van der Waals surface area contributed by atoms with Crippen molar-refractivity contribution in [2.75, 3.05) is 0 Å². The highest BCUT2D eigenvalue weighted by atomic mass is 16.4. The lowest BCUT2D eigenvalue weighted by molar-refractivity contribution is -0.153. The van der Waals surface area contributed by atoms with Crippen LogP contribution < -0.4 is 11.1 Å². The second-order valence-corrected chi connectivity index (χ2v) is 3.55. The summed E-state index contributed by atoms with van der Waals surface area (Å²) >= 11 is 0. The largest absolute Gasteiger partial charge is 0.480 e. The van der Waals surface area contributed by atoms with Gasteiger partial charge in [-0.25, -0.2) is 4.79 Å². The summed E-state index contributed by atoms with van der Waals surface area (Å²) in [7, 11) is 0. The van der Waals surface area contributed by atoms with Gasteiger partial charge in [-0.3, -0.25) is 10.1 Å². The highest BCUT2D eigenvalue weighted by Gasteiger charge is 2.43. The van der Waals surface area contributed by atoms with E-state index in [-0.39, 0.29) is 0 Å². The van der Waals surface area contributed by atoms with Gasteiger partial charge in [-0.15, -0.1) is 0 Å². The van der Waals surface area contributed by atoms with E-state index in [4.69, 9.17) is 21.1 Å². The van der Waals surface area contributed by atoms with Gasteiger partial charge in [0.25, 0.3) is 0 Å². The monoisotopic (exact) mass is 236 g/mol. The molecule has 0 aliphatic rings. The van der Waals surface area contributed by atoms with E-state index < -0.39 is 35.9 Å². The van der Waals surface area contributed by atoms with Crippen LogP contribution in [0.1, 0.15) is 13.8 Å². The van der Waals surface area contributed by atoms with E-state index in [1.54, 1.807) is 0 Å². The SMILES string of the molecule is CC(O)C(N[C@](N)(C(=O)O)[C@@H](C)O)C(=O)O. The number of carboxylic acid groups (broad SMARTS) is 2. The van der Waals surface area contributed by atoms with Crippen molar-refractivity contribution in [3.63, 3.8) is 0 Å². The summed E-state index contributed by atoms with van der Waals surface area (Å²) in [5, 5.41) is 37.9. The van der Waals surface area contributed by atoms with E-state index in [0.717, 1.165) is 13.8 Å². The molecule has 0 aliphatic heterocycles. The Morgan fingerprint density at radius 2 is 1.69 bits per heavy atom. The Balaban J connectivity index is 5.00. The van der Waals surface area contributed by atoms with Crippen molar-refractivity contribution < 1.29 is 30.0 Å². The van der Waals surface area contributed by atoms with Gasteiger partial charge < -0.3 is 26.2 Å². The number of nitrogens with one attached hydrogen (secondary N) is 1. The van der Waals surface area contributed by atoms with Gasteiger partial charge >= 0.3 is 11.9 Å². The molecule has 0 fully saturated rings. The number of aliphatic hydroxyl groups is 2.